The Bertz CT molecular complexity index is 249. The third kappa shape index (κ3) is 5.06. The van der Waals surface area contributed by atoms with Gasteiger partial charge in [-0.05, 0) is 51.0 Å². The number of aliphatic hydroxyl groups excluding tert-OH is 1. The van der Waals surface area contributed by atoms with E-state index in [9.17, 15) is 4.79 Å². The molecule has 0 radical (unpaired) electrons. The van der Waals surface area contributed by atoms with Crippen molar-refractivity contribution in [3.05, 3.63) is 0 Å². The summed E-state index contributed by atoms with van der Waals surface area (Å²) in [5, 5.41) is 12.1. The van der Waals surface area contributed by atoms with Gasteiger partial charge in [0, 0.05) is 25.2 Å². The van der Waals surface area contributed by atoms with E-state index in [0.29, 0.717) is 6.42 Å². The number of carbonyl (C=O) groups is 1. The number of urea groups is 1. The van der Waals surface area contributed by atoms with Crippen LogP contribution in [0.4, 0.5) is 4.79 Å². The summed E-state index contributed by atoms with van der Waals surface area (Å²) in [7, 11) is 0. The van der Waals surface area contributed by atoms with Crippen LogP contribution >= 0.6 is 11.8 Å². The van der Waals surface area contributed by atoms with Crippen molar-refractivity contribution in [2.75, 3.05) is 25.2 Å². The van der Waals surface area contributed by atoms with Gasteiger partial charge in [0.25, 0.3) is 0 Å². The Labute approximate surface area is 115 Å². The van der Waals surface area contributed by atoms with Crippen LogP contribution < -0.4 is 5.32 Å². The Morgan fingerprint density at radius 2 is 2.33 bits per heavy atom. The van der Waals surface area contributed by atoms with E-state index in [1.165, 1.54) is 0 Å². The molecule has 1 rings (SSSR count). The molecular weight excluding hydrogens is 248 g/mol. The number of nitrogens with zero attached hydrogens (tertiary/aromatic N) is 1. The molecule has 0 aromatic heterocycles. The smallest absolute Gasteiger partial charge is 0.317 e. The molecule has 5 heteroatoms. The Hall–Kier alpha value is -0.420. The molecule has 0 aromatic rings. The van der Waals surface area contributed by atoms with Crippen molar-refractivity contribution in [2.24, 2.45) is 0 Å². The Kier molecular flexibility index (Phi) is 7.51. The van der Waals surface area contributed by atoms with Gasteiger partial charge in [0.05, 0.1) is 0 Å². The highest BCUT2D eigenvalue weighted by molar-refractivity contribution is 7.98. The monoisotopic (exact) mass is 274 g/mol. The van der Waals surface area contributed by atoms with Crippen LogP contribution in [-0.4, -0.2) is 53.3 Å². The first-order chi connectivity index (χ1) is 8.69. The zero-order valence-corrected chi connectivity index (χ0v) is 12.3. The second kappa shape index (κ2) is 8.64. The lowest BCUT2D eigenvalue weighted by Crippen LogP contribution is -2.51. The third-order valence-corrected chi connectivity index (χ3v) is 4.12. The predicted molar refractivity (Wildman–Crippen MR) is 77.0 cm³/mol. The van der Waals surface area contributed by atoms with Crippen molar-refractivity contribution >= 4 is 17.8 Å². The maximum absolute atomic E-state index is 12.2. The molecule has 1 fully saturated rings. The summed E-state index contributed by atoms with van der Waals surface area (Å²) < 4.78 is 0. The standard InChI is InChI=1S/C13H26N2O2S/c1-11(7-10-18-2)14-13(17)15-8-4-3-5-12(15)6-9-16/h11-12,16H,3-10H2,1-2H3,(H,14,17). The average molecular weight is 274 g/mol. The van der Waals surface area contributed by atoms with Gasteiger partial charge in [-0.3, -0.25) is 0 Å². The van der Waals surface area contributed by atoms with Crippen molar-refractivity contribution in [1.82, 2.24) is 10.2 Å². The van der Waals surface area contributed by atoms with E-state index in [2.05, 4.69) is 18.5 Å². The first-order valence-electron chi connectivity index (χ1n) is 6.86. The molecule has 1 heterocycles. The van der Waals surface area contributed by atoms with E-state index >= 15 is 0 Å². The van der Waals surface area contributed by atoms with Gasteiger partial charge >= 0.3 is 6.03 Å². The summed E-state index contributed by atoms with van der Waals surface area (Å²) in [6.07, 6.45) is 7.05. The largest absolute Gasteiger partial charge is 0.396 e. The molecule has 0 aliphatic carbocycles. The minimum atomic E-state index is 0.0433. The van der Waals surface area contributed by atoms with Crippen LogP contribution in [0.1, 0.15) is 39.0 Å². The molecule has 2 unspecified atom stereocenters. The van der Waals surface area contributed by atoms with Gasteiger partial charge in [0.1, 0.15) is 0 Å². The molecule has 0 bridgehead atoms. The summed E-state index contributed by atoms with van der Waals surface area (Å²) in [4.78, 5) is 14.1. The molecule has 106 valence electrons. The first kappa shape index (κ1) is 15.6. The fourth-order valence-electron chi connectivity index (χ4n) is 2.38. The topological polar surface area (TPSA) is 52.6 Å². The van der Waals surface area contributed by atoms with Gasteiger partial charge in [0.2, 0.25) is 0 Å². The minimum absolute atomic E-state index is 0.0433. The number of amides is 2. The van der Waals surface area contributed by atoms with E-state index in [1.54, 1.807) is 11.8 Å². The maximum atomic E-state index is 12.2. The molecule has 1 saturated heterocycles. The molecule has 2 N–H and O–H groups in total. The molecule has 0 spiro atoms. The Morgan fingerprint density at radius 1 is 1.56 bits per heavy atom. The number of likely N-dealkylation sites (tertiary alicyclic amines) is 1. The second-order valence-electron chi connectivity index (χ2n) is 4.99. The lowest BCUT2D eigenvalue weighted by atomic mass is 10.00. The van der Waals surface area contributed by atoms with Crippen LogP contribution in [-0.2, 0) is 0 Å². The van der Waals surface area contributed by atoms with Crippen molar-refractivity contribution in [3.8, 4) is 0 Å². The zero-order chi connectivity index (χ0) is 13.4. The van der Waals surface area contributed by atoms with E-state index in [-0.39, 0.29) is 24.7 Å². The Morgan fingerprint density at radius 3 is 3.00 bits per heavy atom. The summed E-state index contributed by atoms with van der Waals surface area (Å²) in [6, 6.07) is 0.486. The lowest BCUT2D eigenvalue weighted by molar-refractivity contribution is 0.130. The third-order valence-electron chi connectivity index (χ3n) is 3.48. The number of aliphatic hydroxyl groups is 1. The molecular formula is C13H26N2O2S. The van der Waals surface area contributed by atoms with Crippen molar-refractivity contribution in [3.63, 3.8) is 0 Å². The lowest BCUT2D eigenvalue weighted by Gasteiger charge is -2.36. The van der Waals surface area contributed by atoms with Crippen molar-refractivity contribution in [1.29, 1.82) is 0 Å². The molecule has 4 nitrogen and oxygen atoms in total. The van der Waals surface area contributed by atoms with Crippen LogP contribution in [0, 0.1) is 0 Å². The fraction of sp³-hybridized carbons (Fsp3) is 0.923. The maximum Gasteiger partial charge on any atom is 0.317 e. The summed E-state index contributed by atoms with van der Waals surface area (Å²) in [5.41, 5.74) is 0. The van der Waals surface area contributed by atoms with Crippen molar-refractivity contribution < 1.29 is 9.90 Å². The number of thioether (sulfide) groups is 1. The molecule has 2 atom stereocenters. The predicted octanol–water partition coefficient (Wildman–Crippen LogP) is 2.07. The van der Waals surface area contributed by atoms with Gasteiger partial charge in [-0.15, -0.1) is 0 Å². The number of hydrogen-bond donors (Lipinski definition) is 2. The quantitative estimate of drug-likeness (QED) is 0.779. The Balaban J connectivity index is 2.42. The molecule has 2 amide bonds. The average Bonchev–Trinajstić information content (AvgIpc) is 2.37. The molecule has 1 aliphatic rings. The number of piperidine rings is 1. The van der Waals surface area contributed by atoms with E-state index < -0.39 is 0 Å². The van der Waals surface area contributed by atoms with Crippen LogP contribution in [0.15, 0.2) is 0 Å². The number of nitrogens with one attached hydrogen (secondary N) is 1. The van der Waals surface area contributed by atoms with E-state index in [1.807, 2.05) is 4.90 Å². The number of hydrogen-bond acceptors (Lipinski definition) is 3. The molecule has 18 heavy (non-hydrogen) atoms. The molecule has 0 saturated carbocycles. The SMILES string of the molecule is CSCCC(C)NC(=O)N1CCCCC1CCO. The van der Waals surface area contributed by atoms with Gasteiger partial charge in [-0.2, -0.15) is 11.8 Å². The minimum Gasteiger partial charge on any atom is -0.396 e. The van der Waals surface area contributed by atoms with Crippen LogP contribution in [0.3, 0.4) is 0 Å². The highest BCUT2D eigenvalue weighted by atomic mass is 32.2. The summed E-state index contributed by atoms with van der Waals surface area (Å²) in [6.45, 7) is 3.04. The van der Waals surface area contributed by atoms with Gasteiger partial charge in [0.15, 0.2) is 0 Å². The molecule has 1 aliphatic heterocycles. The summed E-state index contributed by atoms with van der Waals surface area (Å²) >= 11 is 1.80. The normalized spacial score (nSPS) is 21.7. The summed E-state index contributed by atoms with van der Waals surface area (Å²) in [5.74, 6) is 1.07. The van der Waals surface area contributed by atoms with E-state index in [4.69, 9.17) is 5.11 Å². The first-order valence-corrected chi connectivity index (χ1v) is 8.25. The molecule has 0 aromatic carbocycles. The highest BCUT2D eigenvalue weighted by Crippen LogP contribution is 2.19. The van der Waals surface area contributed by atoms with Crippen LogP contribution in [0.5, 0.6) is 0 Å². The van der Waals surface area contributed by atoms with E-state index in [0.717, 1.165) is 38.0 Å². The van der Waals surface area contributed by atoms with Gasteiger partial charge in [-0.25, -0.2) is 4.79 Å². The highest BCUT2D eigenvalue weighted by Gasteiger charge is 2.26. The zero-order valence-electron chi connectivity index (χ0n) is 11.5. The van der Waals surface area contributed by atoms with Crippen LogP contribution in [0.25, 0.3) is 0 Å². The van der Waals surface area contributed by atoms with Gasteiger partial charge < -0.3 is 15.3 Å². The second-order valence-corrected chi connectivity index (χ2v) is 5.97. The number of rotatable bonds is 6. The van der Waals surface area contributed by atoms with Crippen LogP contribution in [0.2, 0.25) is 0 Å². The van der Waals surface area contributed by atoms with Crippen molar-refractivity contribution in [2.45, 2.75) is 51.1 Å². The van der Waals surface area contributed by atoms with Gasteiger partial charge in [-0.1, -0.05) is 0 Å². The fourth-order valence-corrected chi connectivity index (χ4v) is 2.97. The number of carbonyl (C=O) groups excluding carboxylic acids is 1.